The highest BCUT2D eigenvalue weighted by atomic mass is 35.5. The monoisotopic (exact) mass is 286 g/mol. The van der Waals surface area contributed by atoms with E-state index < -0.39 is 0 Å². The zero-order valence-electron chi connectivity index (χ0n) is 10.9. The van der Waals surface area contributed by atoms with Gasteiger partial charge in [0.25, 0.3) is 0 Å². The van der Waals surface area contributed by atoms with Crippen LogP contribution < -0.4 is 5.43 Å². The Hall–Kier alpha value is -1.84. The molecule has 0 aromatic heterocycles. The van der Waals surface area contributed by atoms with E-state index in [4.69, 9.17) is 11.6 Å². The lowest BCUT2D eigenvalue weighted by Crippen LogP contribution is -2.37. The van der Waals surface area contributed by atoms with Crippen molar-refractivity contribution < 1.29 is 4.79 Å². The molecule has 102 valence electrons. The number of hydrogen-bond donors (Lipinski definition) is 1. The normalized spacial score (nSPS) is 16.9. The van der Waals surface area contributed by atoms with Crippen molar-refractivity contribution in [1.82, 2.24) is 10.4 Å². The lowest BCUT2D eigenvalue weighted by atomic mass is 9.98. The van der Waals surface area contributed by atoms with Crippen molar-refractivity contribution in [3.8, 4) is 0 Å². The molecule has 3 nitrogen and oxygen atoms in total. The third-order valence-corrected chi connectivity index (χ3v) is 3.67. The Bertz CT molecular complexity index is 615. The van der Waals surface area contributed by atoms with E-state index in [1.807, 2.05) is 47.5 Å². The van der Waals surface area contributed by atoms with Gasteiger partial charge in [0, 0.05) is 18.0 Å². The highest BCUT2D eigenvalue weighted by molar-refractivity contribution is 6.30. The van der Waals surface area contributed by atoms with Gasteiger partial charge in [0.15, 0.2) is 0 Å². The van der Waals surface area contributed by atoms with Gasteiger partial charge in [-0.15, -0.1) is 0 Å². The van der Waals surface area contributed by atoms with Crippen LogP contribution in [0.2, 0.25) is 5.02 Å². The van der Waals surface area contributed by atoms with Gasteiger partial charge < -0.3 is 0 Å². The molecular formula is C16H15ClN2O. The number of nitrogens with one attached hydrogen (secondary N) is 1. The number of nitrogens with zero attached hydrogens (tertiary/aromatic N) is 1. The summed E-state index contributed by atoms with van der Waals surface area (Å²) < 4.78 is 0. The molecule has 2 aromatic rings. The van der Waals surface area contributed by atoms with Crippen molar-refractivity contribution in [3.05, 3.63) is 70.7 Å². The van der Waals surface area contributed by atoms with Gasteiger partial charge >= 0.3 is 0 Å². The number of amides is 1. The predicted octanol–water partition coefficient (Wildman–Crippen LogP) is 3.17. The Morgan fingerprint density at radius 1 is 1.05 bits per heavy atom. The number of hydrogen-bond acceptors (Lipinski definition) is 2. The molecule has 0 saturated carbocycles. The van der Waals surface area contributed by atoms with Crippen molar-refractivity contribution in [2.45, 2.75) is 12.5 Å². The number of halogens is 1. The van der Waals surface area contributed by atoms with Gasteiger partial charge in [-0.25, -0.2) is 5.01 Å². The molecule has 20 heavy (non-hydrogen) atoms. The maximum Gasteiger partial charge on any atom is 0.235 e. The Kier molecular flexibility index (Phi) is 3.72. The minimum absolute atomic E-state index is 0.0126. The van der Waals surface area contributed by atoms with Gasteiger partial charge in [-0.05, 0) is 23.3 Å². The zero-order valence-corrected chi connectivity index (χ0v) is 11.7. The molecule has 1 saturated heterocycles. The van der Waals surface area contributed by atoms with E-state index in [1.54, 1.807) is 0 Å². The van der Waals surface area contributed by atoms with E-state index in [0.717, 1.165) is 11.1 Å². The number of rotatable bonds is 3. The summed E-state index contributed by atoms with van der Waals surface area (Å²) in [6, 6.07) is 17.9. The van der Waals surface area contributed by atoms with E-state index in [-0.39, 0.29) is 11.9 Å². The second-order valence-corrected chi connectivity index (χ2v) is 5.28. The second kappa shape index (κ2) is 5.65. The molecule has 1 aliphatic heterocycles. The molecule has 2 aromatic carbocycles. The molecule has 1 aliphatic rings. The zero-order chi connectivity index (χ0) is 13.9. The van der Waals surface area contributed by atoms with Crippen LogP contribution in [0.3, 0.4) is 0 Å². The lowest BCUT2D eigenvalue weighted by Gasteiger charge is -2.28. The fraction of sp³-hybridized carbons (Fsp3) is 0.188. The summed E-state index contributed by atoms with van der Waals surface area (Å²) in [5.41, 5.74) is 5.13. The second-order valence-electron chi connectivity index (χ2n) is 4.85. The molecule has 0 spiro atoms. The minimum atomic E-state index is -0.0126. The maximum absolute atomic E-state index is 11.5. The van der Waals surface area contributed by atoms with Crippen molar-refractivity contribution in [3.63, 3.8) is 0 Å². The summed E-state index contributed by atoms with van der Waals surface area (Å²) in [4.78, 5) is 11.5. The van der Waals surface area contributed by atoms with Crippen LogP contribution in [0.4, 0.5) is 0 Å². The first-order valence-electron chi connectivity index (χ1n) is 6.60. The van der Waals surface area contributed by atoms with Gasteiger partial charge in [0.1, 0.15) is 0 Å². The molecule has 1 N–H and O–H groups in total. The van der Waals surface area contributed by atoms with Crippen molar-refractivity contribution in [1.29, 1.82) is 0 Å². The third kappa shape index (κ3) is 2.69. The SMILES string of the molecule is O=C1CCN([C@H](c2ccccc2)c2cccc(Cl)c2)N1. The first kappa shape index (κ1) is 13.2. The molecule has 0 aliphatic carbocycles. The van der Waals surface area contributed by atoms with E-state index in [0.29, 0.717) is 18.0 Å². The number of benzene rings is 2. The number of carbonyl (C=O) groups excluding carboxylic acids is 1. The van der Waals surface area contributed by atoms with Crippen LogP contribution in [0.1, 0.15) is 23.6 Å². The highest BCUT2D eigenvalue weighted by Crippen LogP contribution is 2.30. The molecule has 1 heterocycles. The predicted molar refractivity (Wildman–Crippen MR) is 79.2 cm³/mol. The van der Waals surface area contributed by atoms with E-state index >= 15 is 0 Å². The van der Waals surface area contributed by atoms with Crippen LogP contribution in [0, 0.1) is 0 Å². The van der Waals surface area contributed by atoms with Gasteiger partial charge in [-0.2, -0.15) is 0 Å². The fourth-order valence-electron chi connectivity index (χ4n) is 2.55. The molecule has 0 unspecified atom stereocenters. The summed E-state index contributed by atoms with van der Waals surface area (Å²) in [6.07, 6.45) is 0.532. The molecule has 3 rings (SSSR count). The highest BCUT2D eigenvalue weighted by Gasteiger charge is 2.28. The fourth-order valence-corrected chi connectivity index (χ4v) is 2.75. The summed E-state index contributed by atoms with van der Waals surface area (Å²) in [5, 5.41) is 2.68. The minimum Gasteiger partial charge on any atom is -0.288 e. The van der Waals surface area contributed by atoms with Gasteiger partial charge in [-0.3, -0.25) is 10.2 Å². The Morgan fingerprint density at radius 2 is 1.80 bits per heavy atom. The van der Waals surface area contributed by atoms with Crippen LogP contribution in [0.25, 0.3) is 0 Å². The summed E-state index contributed by atoms with van der Waals surface area (Å²) >= 11 is 6.11. The Balaban J connectivity index is 2.01. The van der Waals surface area contributed by atoms with Crippen LogP contribution in [-0.2, 0) is 4.79 Å². The van der Waals surface area contributed by atoms with Crippen LogP contribution in [0.5, 0.6) is 0 Å². The Morgan fingerprint density at radius 3 is 2.45 bits per heavy atom. The molecule has 0 radical (unpaired) electrons. The molecule has 1 atom stereocenters. The van der Waals surface area contributed by atoms with Gasteiger partial charge in [-0.1, -0.05) is 54.1 Å². The molecule has 0 bridgehead atoms. The molecule has 1 amide bonds. The molecule has 1 fully saturated rings. The standard InChI is InChI=1S/C16H15ClN2O/c17-14-8-4-7-13(11-14)16(12-5-2-1-3-6-12)19-10-9-15(20)18-19/h1-8,11,16H,9-10H2,(H,18,20)/t16-/m1/s1. The molecular weight excluding hydrogens is 272 g/mol. The lowest BCUT2D eigenvalue weighted by molar-refractivity contribution is -0.121. The van der Waals surface area contributed by atoms with Gasteiger partial charge in [0.05, 0.1) is 6.04 Å². The summed E-state index contributed by atoms with van der Waals surface area (Å²) in [7, 11) is 0. The molecule has 4 heteroatoms. The van der Waals surface area contributed by atoms with Crippen molar-refractivity contribution in [2.75, 3.05) is 6.54 Å². The van der Waals surface area contributed by atoms with Crippen LogP contribution in [-0.4, -0.2) is 17.5 Å². The van der Waals surface area contributed by atoms with Crippen molar-refractivity contribution in [2.24, 2.45) is 0 Å². The first-order valence-corrected chi connectivity index (χ1v) is 6.98. The van der Waals surface area contributed by atoms with E-state index in [1.165, 1.54) is 0 Å². The quantitative estimate of drug-likeness (QED) is 0.940. The average molecular weight is 287 g/mol. The first-order chi connectivity index (χ1) is 9.74. The number of hydrazine groups is 1. The summed E-state index contributed by atoms with van der Waals surface area (Å²) in [5.74, 6) is 0.0629. The van der Waals surface area contributed by atoms with Crippen molar-refractivity contribution >= 4 is 17.5 Å². The maximum atomic E-state index is 11.5. The van der Waals surface area contributed by atoms with E-state index in [2.05, 4.69) is 17.6 Å². The van der Waals surface area contributed by atoms with Crippen LogP contribution in [0.15, 0.2) is 54.6 Å². The summed E-state index contributed by atoms with van der Waals surface area (Å²) in [6.45, 7) is 0.699. The van der Waals surface area contributed by atoms with E-state index in [9.17, 15) is 4.79 Å². The Labute approximate surface area is 123 Å². The van der Waals surface area contributed by atoms with Gasteiger partial charge in [0.2, 0.25) is 5.91 Å². The third-order valence-electron chi connectivity index (χ3n) is 3.44. The topological polar surface area (TPSA) is 32.3 Å². The number of carbonyl (C=O) groups is 1. The smallest absolute Gasteiger partial charge is 0.235 e. The largest absolute Gasteiger partial charge is 0.288 e. The average Bonchev–Trinajstić information content (AvgIpc) is 2.87. The van der Waals surface area contributed by atoms with Crippen LogP contribution >= 0.6 is 11.6 Å².